The van der Waals surface area contributed by atoms with Crippen LogP contribution in [-0.2, 0) is 4.74 Å². The molecule has 0 aliphatic carbocycles. The van der Waals surface area contributed by atoms with Gasteiger partial charge in [0, 0.05) is 31.4 Å². The van der Waals surface area contributed by atoms with Gasteiger partial charge in [0.15, 0.2) is 0 Å². The molecule has 4 rings (SSSR count). The molecule has 2 fully saturated rings. The molecule has 2 aromatic rings. The number of anilines is 1. The molecule has 1 unspecified atom stereocenters. The average molecular weight is 371 g/mol. The summed E-state index contributed by atoms with van der Waals surface area (Å²) in [5, 5.41) is 11.4. The summed E-state index contributed by atoms with van der Waals surface area (Å²) in [7, 11) is 0. The predicted octanol–water partition coefficient (Wildman–Crippen LogP) is 3.00. The van der Waals surface area contributed by atoms with E-state index in [0.29, 0.717) is 32.8 Å². The van der Waals surface area contributed by atoms with Gasteiger partial charge in [0.1, 0.15) is 17.4 Å². The van der Waals surface area contributed by atoms with E-state index in [-0.39, 0.29) is 23.3 Å². The Balaban J connectivity index is 1.62. The van der Waals surface area contributed by atoms with Gasteiger partial charge in [0.2, 0.25) is 0 Å². The van der Waals surface area contributed by atoms with Crippen molar-refractivity contribution in [2.75, 3.05) is 37.7 Å². The standard InChI is InChI=1S/C19H21N3O5/c23-19(20-7-1-2-8-20)15-12-14(5-6-16(15)22(24)25)21-9-11-27-18(13-21)17-4-3-10-26-17/h3-6,10,12,18H,1-2,7-9,11,13H2. The first kappa shape index (κ1) is 17.5. The predicted molar refractivity (Wildman–Crippen MR) is 97.8 cm³/mol. The fraction of sp³-hybridized carbons (Fsp3) is 0.421. The third kappa shape index (κ3) is 3.52. The molecule has 0 saturated carbocycles. The molecule has 27 heavy (non-hydrogen) atoms. The molecule has 1 aromatic carbocycles. The maximum Gasteiger partial charge on any atom is 0.282 e. The molecule has 142 valence electrons. The van der Waals surface area contributed by atoms with Crippen molar-refractivity contribution in [3.05, 3.63) is 58.0 Å². The number of benzene rings is 1. The fourth-order valence-electron chi connectivity index (χ4n) is 3.67. The summed E-state index contributed by atoms with van der Waals surface area (Å²) in [6, 6.07) is 8.45. The van der Waals surface area contributed by atoms with Gasteiger partial charge < -0.3 is 19.0 Å². The van der Waals surface area contributed by atoms with Gasteiger partial charge in [0.05, 0.1) is 24.3 Å². The molecule has 1 atom stereocenters. The number of morpholine rings is 1. The van der Waals surface area contributed by atoms with Gasteiger partial charge >= 0.3 is 0 Å². The summed E-state index contributed by atoms with van der Waals surface area (Å²) in [5.41, 5.74) is 0.787. The van der Waals surface area contributed by atoms with Crippen molar-refractivity contribution in [1.82, 2.24) is 4.90 Å². The number of nitro groups is 1. The molecule has 1 aromatic heterocycles. The topological polar surface area (TPSA) is 89.1 Å². The molecule has 0 spiro atoms. The molecule has 2 aliphatic rings. The van der Waals surface area contributed by atoms with Crippen molar-refractivity contribution in [3.8, 4) is 0 Å². The minimum atomic E-state index is -0.488. The third-order valence-electron chi connectivity index (χ3n) is 5.09. The molecule has 2 saturated heterocycles. The summed E-state index contributed by atoms with van der Waals surface area (Å²) in [6.07, 6.45) is 3.28. The Labute approximate surface area is 156 Å². The normalized spacial score (nSPS) is 20.1. The first-order valence-corrected chi connectivity index (χ1v) is 9.11. The summed E-state index contributed by atoms with van der Waals surface area (Å²) in [4.78, 5) is 27.5. The van der Waals surface area contributed by atoms with Crippen molar-refractivity contribution < 1.29 is 18.9 Å². The number of carbonyl (C=O) groups excluding carboxylic acids is 1. The first-order valence-electron chi connectivity index (χ1n) is 9.11. The van der Waals surface area contributed by atoms with Crippen LogP contribution in [0.4, 0.5) is 11.4 Å². The molecule has 0 radical (unpaired) electrons. The SMILES string of the molecule is O=C(c1cc(N2CCOC(c3ccco3)C2)ccc1[N+](=O)[O-])N1CCCC1. The Morgan fingerprint density at radius 1 is 1.19 bits per heavy atom. The van der Waals surface area contributed by atoms with Crippen molar-refractivity contribution >= 4 is 17.3 Å². The number of nitro benzene ring substituents is 1. The Hall–Kier alpha value is -2.87. The largest absolute Gasteiger partial charge is 0.467 e. The summed E-state index contributed by atoms with van der Waals surface area (Å²) < 4.78 is 11.2. The molecule has 1 amide bonds. The highest BCUT2D eigenvalue weighted by Crippen LogP contribution is 2.31. The lowest BCUT2D eigenvalue weighted by Gasteiger charge is -2.33. The number of nitrogens with zero attached hydrogens (tertiary/aromatic N) is 3. The Kier molecular flexibility index (Phi) is 4.81. The molecule has 8 heteroatoms. The van der Waals surface area contributed by atoms with E-state index in [9.17, 15) is 14.9 Å². The molecule has 0 bridgehead atoms. The second-order valence-corrected chi connectivity index (χ2v) is 6.78. The van der Waals surface area contributed by atoms with Crippen LogP contribution < -0.4 is 4.90 Å². The molecule has 2 aliphatic heterocycles. The van der Waals surface area contributed by atoms with Crippen molar-refractivity contribution in [2.24, 2.45) is 0 Å². The zero-order valence-electron chi connectivity index (χ0n) is 14.9. The summed E-state index contributed by atoms with van der Waals surface area (Å²) >= 11 is 0. The minimum absolute atomic E-state index is 0.147. The van der Waals surface area contributed by atoms with Crippen LogP contribution in [-0.4, -0.2) is 48.5 Å². The Bertz CT molecular complexity index is 830. The molecule has 8 nitrogen and oxygen atoms in total. The summed E-state index contributed by atoms with van der Waals surface area (Å²) in [6.45, 7) is 3.02. The van der Waals surface area contributed by atoms with Gasteiger partial charge in [-0.3, -0.25) is 14.9 Å². The lowest BCUT2D eigenvalue weighted by atomic mass is 10.1. The smallest absolute Gasteiger partial charge is 0.282 e. The first-order chi connectivity index (χ1) is 13.1. The van der Waals surface area contributed by atoms with E-state index >= 15 is 0 Å². The van der Waals surface area contributed by atoms with Crippen LogP contribution in [0.25, 0.3) is 0 Å². The maximum atomic E-state index is 12.8. The van der Waals surface area contributed by atoms with Crippen molar-refractivity contribution in [2.45, 2.75) is 18.9 Å². The third-order valence-corrected chi connectivity index (χ3v) is 5.09. The van der Waals surface area contributed by atoms with Crippen LogP contribution >= 0.6 is 0 Å². The maximum absolute atomic E-state index is 12.8. The van der Waals surface area contributed by atoms with Crippen LogP contribution in [0.5, 0.6) is 0 Å². The second-order valence-electron chi connectivity index (χ2n) is 6.78. The van der Waals surface area contributed by atoms with Crippen LogP contribution in [0.3, 0.4) is 0 Å². The van der Waals surface area contributed by atoms with E-state index < -0.39 is 4.92 Å². The van der Waals surface area contributed by atoms with Gasteiger partial charge in [0.25, 0.3) is 11.6 Å². The quantitative estimate of drug-likeness (QED) is 0.606. The number of hydrogen-bond donors (Lipinski definition) is 0. The second kappa shape index (κ2) is 7.40. The Morgan fingerprint density at radius 3 is 2.70 bits per heavy atom. The van der Waals surface area contributed by atoms with E-state index in [0.717, 1.165) is 24.3 Å². The molecule has 0 N–H and O–H groups in total. The summed E-state index contributed by atoms with van der Waals surface area (Å²) in [5.74, 6) is 0.479. The van der Waals surface area contributed by atoms with Crippen molar-refractivity contribution in [1.29, 1.82) is 0 Å². The van der Waals surface area contributed by atoms with Gasteiger partial charge in [-0.05, 0) is 37.1 Å². The monoisotopic (exact) mass is 371 g/mol. The van der Waals surface area contributed by atoms with E-state index in [4.69, 9.17) is 9.15 Å². The van der Waals surface area contributed by atoms with Crippen LogP contribution in [0.1, 0.15) is 35.1 Å². The number of hydrogen-bond acceptors (Lipinski definition) is 6. The van der Waals surface area contributed by atoms with E-state index in [1.54, 1.807) is 23.3 Å². The number of ether oxygens (including phenoxy) is 1. The number of likely N-dealkylation sites (tertiary alicyclic amines) is 1. The van der Waals surface area contributed by atoms with Gasteiger partial charge in [-0.1, -0.05) is 0 Å². The van der Waals surface area contributed by atoms with Crippen LogP contribution in [0.15, 0.2) is 41.0 Å². The van der Waals surface area contributed by atoms with Crippen molar-refractivity contribution in [3.63, 3.8) is 0 Å². The highest BCUT2D eigenvalue weighted by Gasteiger charge is 2.29. The van der Waals surface area contributed by atoms with E-state index in [2.05, 4.69) is 4.90 Å². The van der Waals surface area contributed by atoms with Crippen LogP contribution in [0.2, 0.25) is 0 Å². The lowest BCUT2D eigenvalue weighted by molar-refractivity contribution is -0.385. The average Bonchev–Trinajstić information content (AvgIpc) is 3.41. The lowest BCUT2D eigenvalue weighted by Crippen LogP contribution is -2.38. The molecular formula is C19H21N3O5. The zero-order chi connectivity index (χ0) is 18.8. The van der Waals surface area contributed by atoms with Gasteiger partial charge in [-0.2, -0.15) is 0 Å². The van der Waals surface area contributed by atoms with Gasteiger partial charge in [-0.15, -0.1) is 0 Å². The number of carbonyl (C=O) groups is 1. The zero-order valence-corrected chi connectivity index (χ0v) is 14.9. The number of furan rings is 1. The highest BCUT2D eigenvalue weighted by atomic mass is 16.6. The number of rotatable bonds is 4. The molecule has 3 heterocycles. The van der Waals surface area contributed by atoms with E-state index in [1.165, 1.54) is 6.07 Å². The highest BCUT2D eigenvalue weighted by molar-refractivity contribution is 5.99. The van der Waals surface area contributed by atoms with E-state index in [1.807, 2.05) is 12.1 Å². The van der Waals surface area contributed by atoms with Crippen LogP contribution in [0, 0.1) is 10.1 Å². The number of amides is 1. The Morgan fingerprint density at radius 2 is 2.00 bits per heavy atom. The minimum Gasteiger partial charge on any atom is -0.467 e. The molecular weight excluding hydrogens is 350 g/mol. The van der Waals surface area contributed by atoms with Gasteiger partial charge in [-0.25, -0.2) is 0 Å². The fourth-order valence-corrected chi connectivity index (χ4v) is 3.67.